The predicted octanol–water partition coefficient (Wildman–Crippen LogP) is 3.09. The second kappa shape index (κ2) is 7.96. The summed E-state index contributed by atoms with van der Waals surface area (Å²) in [6.07, 6.45) is 2.40. The Bertz CT molecular complexity index is 313. The number of likely N-dealkylation sites (tertiary alicyclic amines) is 1. The second-order valence-electron chi connectivity index (χ2n) is 4.74. The van der Waals surface area contributed by atoms with Crippen LogP contribution in [0.5, 0.6) is 0 Å². The number of aryl methyl sites for hydroxylation is 1. The Labute approximate surface area is 104 Å². The zero-order chi connectivity index (χ0) is 12.5. The molecule has 0 bridgehead atoms. The van der Waals surface area contributed by atoms with Crippen LogP contribution in [0.1, 0.15) is 18.4 Å². The number of nitroso groups, excluding NO2 is 1. The summed E-state index contributed by atoms with van der Waals surface area (Å²) in [5, 5.41) is 2.92. The highest BCUT2D eigenvalue weighted by molar-refractivity contribution is 5.11. The molecule has 1 unspecified atom stereocenters. The van der Waals surface area contributed by atoms with Gasteiger partial charge in [0.15, 0.2) is 0 Å². The summed E-state index contributed by atoms with van der Waals surface area (Å²) >= 11 is 0. The van der Waals surface area contributed by atoms with Gasteiger partial charge in [0.25, 0.3) is 0 Å². The molecule has 1 atom stereocenters. The Kier molecular flexibility index (Phi) is 6.48. The number of hydrogen-bond donors (Lipinski definition) is 0. The number of rotatable bonds is 2. The SMILES string of the molecule is CN1CCCC(CN=O)C1.Cc1ccccc1. The summed E-state index contributed by atoms with van der Waals surface area (Å²) in [5.41, 5.74) is 1.32. The molecule has 0 radical (unpaired) electrons. The van der Waals surface area contributed by atoms with Gasteiger partial charge in [-0.05, 0) is 39.3 Å². The highest BCUT2D eigenvalue weighted by atomic mass is 16.3. The van der Waals surface area contributed by atoms with Crippen LogP contribution in [-0.2, 0) is 0 Å². The Balaban J connectivity index is 0.000000181. The van der Waals surface area contributed by atoms with E-state index in [1.807, 2.05) is 18.2 Å². The van der Waals surface area contributed by atoms with Crippen molar-refractivity contribution in [3.63, 3.8) is 0 Å². The summed E-state index contributed by atoms with van der Waals surface area (Å²) in [6, 6.07) is 10.3. The molecule has 0 amide bonds. The predicted molar refractivity (Wildman–Crippen MR) is 72.1 cm³/mol. The van der Waals surface area contributed by atoms with Crippen molar-refractivity contribution in [3.8, 4) is 0 Å². The molecule has 1 aliphatic rings. The fourth-order valence-corrected chi connectivity index (χ4v) is 2.06. The number of benzene rings is 1. The van der Waals surface area contributed by atoms with E-state index in [9.17, 15) is 4.91 Å². The van der Waals surface area contributed by atoms with Crippen molar-refractivity contribution in [3.05, 3.63) is 40.8 Å². The van der Waals surface area contributed by atoms with Gasteiger partial charge in [0.2, 0.25) is 0 Å². The fourth-order valence-electron chi connectivity index (χ4n) is 2.06. The Morgan fingerprint density at radius 1 is 1.35 bits per heavy atom. The molecule has 94 valence electrons. The molecule has 1 heterocycles. The van der Waals surface area contributed by atoms with Crippen LogP contribution >= 0.6 is 0 Å². The van der Waals surface area contributed by atoms with Gasteiger partial charge in [0, 0.05) is 6.54 Å². The summed E-state index contributed by atoms with van der Waals surface area (Å²) in [5.74, 6) is 0.524. The molecule has 0 aliphatic carbocycles. The maximum Gasteiger partial charge on any atom is 0.0851 e. The molecular formula is C14H22N2O. The lowest BCUT2D eigenvalue weighted by Gasteiger charge is -2.27. The number of hydrogen-bond acceptors (Lipinski definition) is 3. The first-order valence-corrected chi connectivity index (χ1v) is 6.21. The van der Waals surface area contributed by atoms with Crippen LogP contribution in [0.2, 0.25) is 0 Å². The van der Waals surface area contributed by atoms with Gasteiger partial charge < -0.3 is 4.90 Å². The molecule has 1 aromatic carbocycles. The molecule has 17 heavy (non-hydrogen) atoms. The average Bonchev–Trinajstić information content (AvgIpc) is 2.31. The zero-order valence-electron chi connectivity index (χ0n) is 10.8. The van der Waals surface area contributed by atoms with E-state index in [4.69, 9.17) is 0 Å². The molecule has 0 spiro atoms. The first-order chi connectivity index (χ1) is 8.22. The lowest BCUT2D eigenvalue weighted by molar-refractivity contribution is 0.214. The molecule has 1 fully saturated rings. The molecule has 3 nitrogen and oxygen atoms in total. The van der Waals surface area contributed by atoms with Crippen LogP contribution in [0.3, 0.4) is 0 Å². The summed E-state index contributed by atoms with van der Waals surface area (Å²) in [7, 11) is 2.09. The summed E-state index contributed by atoms with van der Waals surface area (Å²) in [6.45, 7) is 4.81. The van der Waals surface area contributed by atoms with E-state index in [0.717, 1.165) is 6.54 Å². The van der Waals surface area contributed by atoms with Crippen LogP contribution in [0.4, 0.5) is 0 Å². The van der Waals surface area contributed by atoms with Gasteiger partial charge in [-0.2, -0.15) is 4.91 Å². The molecule has 0 aromatic heterocycles. The standard InChI is InChI=1S/C7H14N2O.C7H8/c1-9-4-2-3-7(6-9)5-8-10;1-7-5-3-2-4-6-7/h7H,2-6H2,1H3;2-6H,1H3. The maximum absolute atomic E-state index is 9.91. The van der Waals surface area contributed by atoms with E-state index < -0.39 is 0 Å². The van der Waals surface area contributed by atoms with Crippen molar-refractivity contribution in [1.82, 2.24) is 4.90 Å². The molecule has 1 saturated heterocycles. The molecule has 2 rings (SSSR count). The molecule has 1 aromatic rings. The minimum atomic E-state index is 0.504. The van der Waals surface area contributed by atoms with E-state index in [2.05, 4.69) is 36.2 Å². The minimum absolute atomic E-state index is 0.504. The van der Waals surface area contributed by atoms with Crippen LogP contribution in [0.15, 0.2) is 35.5 Å². The Morgan fingerprint density at radius 3 is 2.53 bits per heavy atom. The molecule has 3 heteroatoms. The smallest absolute Gasteiger partial charge is 0.0851 e. The fraction of sp³-hybridized carbons (Fsp3) is 0.571. The second-order valence-corrected chi connectivity index (χ2v) is 4.74. The van der Waals surface area contributed by atoms with Gasteiger partial charge >= 0.3 is 0 Å². The van der Waals surface area contributed by atoms with Gasteiger partial charge in [0.05, 0.1) is 6.54 Å². The van der Waals surface area contributed by atoms with Crippen LogP contribution in [0, 0.1) is 17.7 Å². The van der Waals surface area contributed by atoms with Gasteiger partial charge in [-0.3, -0.25) is 0 Å². The molecule has 0 N–H and O–H groups in total. The van der Waals surface area contributed by atoms with Gasteiger partial charge in [-0.1, -0.05) is 41.1 Å². The average molecular weight is 234 g/mol. The van der Waals surface area contributed by atoms with Crippen molar-refractivity contribution < 1.29 is 0 Å². The van der Waals surface area contributed by atoms with Crippen molar-refractivity contribution >= 4 is 0 Å². The normalized spacial score (nSPS) is 20.2. The molecule has 0 saturated carbocycles. The van der Waals surface area contributed by atoms with Crippen LogP contribution in [0.25, 0.3) is 0 Å². The van der Waals surface area contributed by atoms with E-state index in [1.54, 1.807) is 0 Å². The first-order valence-electron chi connectivity index (χ1n) is 6.21. The van der Waals surface area contributed by atoms with Crippen molar-refractivity contribution in [2.45, 2.75) is 19.8 Å². The molecule has 1 aliphatic heterocycles. The van der Waals surface area contributed by atoms with Crippen LogP contribution in [-0.4, -0.2) is 31.6 Å². The third-order valence-corrected chi connectivity index (χ3v) is 3.00. The van der Waals surface area contributed by atoms with E-state index in [0.29, 0.717) is 12.5 Å². The third kappa shape index (κ3) is 6.17. The topological polar surface area (TPSA) is 32.7 Å². The van der Waals surface area contributed by atoms with E-state index in [-0.39, 0.29) is 0 Å². The monoisotopic (exact) mass is 234 g/mol. The third-order valence-electron chi connectivity index (χ3n) is 3.00. The zero-order valence-corrected chi connectivity index (χ0v) is 10.8. The quantitative estimate of drug-likeness (QED) is 0.737. The van der Waals surface area contributed by atoms with Crippen molar-refractivity contribution in [2.75, 3.05) is 26.7 Å². The number of piperidine rings is 1. The Hall–Kier alpha value is -1.22. The van der Waals surface area contributed by atoms with Gasteiger partial charge in [-0.25, -0.2) is 0 Å². The van der Waals surface area contributed by atoms with E-state index in [1.165, 1.54) is 24.9 Å². The first kappa shape index (κ1) is 13.8. The van der Waals surface area contributed by atoms with Crippen molar-refractivity contribution in [2.24, 2.45) is 11.1 Å². The van der Waals surface area contributed by atoms with Crippen molar-refractivity contribution in [1.29, 1.82) is 0 Å². The molecular weight excluding hydrogens is 212 g/mol. The Morgan fingerprint density at radius 2 is 2.06 bits per heavy atom. The highest BCUT2D eigenvalue weighted by Gasteiger charge is 2.16. The van der Waals surface area contributed by atoms with Gasteiger partial charge in [-0.15, -0.1) is 0 Å². The summed E-state index contributed by atoms with van der Waals surface area (Å²) in [4.78, 5) is 12.2. The summed E-state index contributed by atoms with van der Waals surface area (Å²) < 4.78 is 0. The minimum Gasteiger partial charge on any atom is -0.306 e. The van der Waals surface area contributed by atoms with Crippen LogP contribution < -0.4 is 0 Å². The number of nitrogens with zero attached hydrogens (tertiary/aromatic N) is 2. The van der Waals surface area contributed by atoms with Gasteiger partial charge in [0.1, 0.15) is 0 Å². The maximum atomic E-state index is 9.91. The lowest BCUT2D eigenvalue weighted by atomic mass is 9.99. The van der Waals surface area contributed by atoms with E-state index >= 15 is 0 Å². The highest BCUT2D eigenvalue weighted by Crippen LogP contribution is 2.14. The lowest BCUT2D eigenvalue weighted by Crippen LogP contribution is -2.33. The largest absolute Gasteiger partial charge is 0.306 e.